The van der Waals surface area contributed by atoms with Crippen LogP contribution in [0.2, 0.25) is 0 Å². The molecule has 1 heterocycles. The van der Waals surface area contributed by atoms with Gasteiger partial charge in [0.2, 0.25) is 0 Å². The van der Waals surface area contributed by atoms with Gasteiger partial charge in [-0.1, -0.05) is 13.8 Å². The molecule has 0 spiro atoms. The van der Waals surface area contributed by atoms with E-state index in [1.54, 1.807) is 11.3 Å². The predicted octanol–water partition coefficient (Wildman–Crippen LogP) is 3.67. The van der Waals surface area contributed by atoms with E-state index in [0.717, 1.165) is 16.0 Å². The zero-order chi connectivity index (χ0) is 11.6. The summed E-state index contributed by atoms with van der Waals surface area (Å²) in [7, 11) is 0. The van der Waals surface area contributed by atoms with Gasteiger partial charge >= 0.3 is 5.97 Å². The molecular weight excluding hydrogens is 208 g/mol. The minimum atomic E-state index is -0.178. The van der Waals surface area contributed by atoms with E-state index in [1.165, 1.54) is 4.88 Å². The van der Waals surface area contributed by atoms with Gasteiger partial charge in [0.25, 0.3) is 0 Å². The summed E-state index contributed by atoms with van der Waals surface area (Å²) in [4.78, 5) is 14.1. The Morgan fingerprint density at radius 2 is 2.00 bits per heavy atom. The SMILES string of the molecule is CCOC(=O)c1c(C(C)C)sc(C)c1C. The molecule has 0 aromatic carbocycles. The summed E-state index contributed by atoms with van der Waals surface area (Å²) in [5.74, 6) is 0.199. The largest absolute Gasteiger partial charge is 0.462 e. The first-order valence-electron chi connectivity index (χ1n) is 5.26. The monoisotopic (exact) mass is 226 g/mol. The van der Waals surface area contributed by atoms with Gasteiger partial charge in [0.05, 0.1) is 12.2 Å². The fourth-order valence-electron chi connectivity index (χ4n) is 1.52. The van der Waals surface area contributed by atoms with Crippen molar-refractivity contribution in [2.24, 2.45) is 0 Å². The van der Waals surface area contributed by atoms with Gasteiger partial charge in [0.15, 0.2) is 0 Å². The number of carbonyl (C=O) groups is 1. The summed E-state index contributed by atoms with van der Waals surface area (Å²) >= 11 is 1.70. The first-order valence-corrected chi connectivity index (χ1v) is 6.07. The Morgan fingerprint density at radius 1 is 1.40 bits per heavy atom. The second kappa shape index (κ2) is 4.79. The third kappa shape index (κ3) is 2.40. The van der Waals surface area contributed by atoms with Crippen molar-refractivity contribution >= 4 is 17.3 Å². The van der Waals surface area contributed by atoms with E-state index in [0.29, 0.717) is 12.5 Å². The number of hydrogen-bond donors (Lipinski definition) is 0. The van der Waals surface area contributed by atoms with Crippen LogP contribution in [-0.4, -0.2) is 12.6 Å². The fourth-order valence-corrected chi connectivity index (χ4v) is 2.68. The van der Waals surface area contributed by atoms with Gasteiger partial charge in [-0.05, 0) is 32.3 Å². The highest BCUT2D eigenvalue weighted by molar-refractivity contribution is 7.12. The van der Waals surface area contributed by atoms with Gasteiger partial charge in [-0.2, -0.15) is 0 Å². The molecule has 0 radical (unpaired) electrons. The predicted molar refractivity (Wildman–Crippen MR) is 63.8 cm³/mol. The molecule has 1 aromatic rings. The van der Waals surface area contributed by atoms with Crippen LogP contribution in [0.3, 0.4) is 0 Å². The topological polar surface area (TPSA) is 26.3 Å². The van der Waals surface area contributed by atoms with Crippen LogP contribution >= 0.6 is 11.3 Å². The zero-order valence-electron chi connectivity index (χ0n) is 10.0. The molecule has 0 unspecified atom stereocenters. The standard InChI is InChI=1S/C12H18O2S/c1-6-14-12(13)10-8(4)9(5)15-11(10)7(2)3/h7H,6H2,1-5H3. The molecule has 1 aromatic heterocycles. The van der Waals surface area contributed by atoms with Gasteiger partial charge in [-0.25, -0.2) is 4.79 Å². The highest BCUT2D eigenvalue weighted by Crippen LogP contribution is 2.33. The van der Waals surface area contributed by atoms with Crippen molar-refractivity contribution < 1.29 is 9.53 Å². The van der Waals surface area contributed by atoms with Gasteiger partial charge < -0.3 is 4.74 Å². The van der Waals surface area contributed by atoms with E-state index >= 15 is 0 Å². The second-order valence-electron chi connectivity index (χ2n) is 3.90. The van der Waals surface area contributed by atoms with E-state index in [1.807, 2.05) is 13.8 Å². The van der Waals surface area contributed by atoms with E-state index in [9.17, 15) is 4.79 Å². The minimum Gasteiger partial charge on any atom is -0.462 e. The third-order valence-electron chi connectivity index (χ3n) is 2.42. The Morgan fingerprint density at radius 3 is 2.47 bits per heavy atom. The maximum absolute atomic E-state index is 11.8. The Hall–Kier alpha value is -0.830. The van der Waals surface area contributed by atoms with Crippen molar-refractivity contribution in [2.75, 3.05) is 6.61 Å². The van der Waals surface area contributed by atoms with Crippen LogP contribution in [0.5, 0.6) is 0 Å². The van der Waals surface area contributed by atoms with Crippen molar-refractivity contribution in [1.82, 2.24) is 0 Å². The lowest BCUT2D eigenvalue weighted by Gasteiger charge is -2.07. The molecule has 3 heteroatoms. The van der Waals surface area contributed by atoms with Crippen molar-refractivity contribution in [3.8, 4) is 0 Å². The normalized spacial score (nSPS) is 10.8. The van der Waals surface area contributed by atoms with Crippen molar-refractivity contribution in [3.63, 3.8) is 0 Å². The van der Waals surface area contributed by atoms with E-state index < -0.39 is 0 Å². The number of esters is 1. The fraction of sp³-hybridized carbons (Fsp3) is 0.583. The maximum Gasteiger partial charge on any atom is 0.339 e. The molecule has 15 heavy (non-hydrogen) atoms. The first kappa shape index (κ1) is 12.2. The zero-order valence-corrected chi connectivity index (χ0v) is 10.8. The second-order valence-corrected chi connectivity index (χ2v) is 5.15. The smallest absolute Gasteiger partial charge is 0.339 e. The lowest BCUT2D eigenvalue weighted by molar-refractivity contribution is 0.0524. The molecule has 0 aliphatic heterocycles. The maximum atomic E-state index is 11.8. The molecule has 0 aliphatic rings. The van der Waals surface area contributed by atoms with Gasteiger partial charge in [-0.3, -0.25) is 0 Å². The average molecular weight is 226 g/mol. The molecule has 0 saturated heterocycles. The van der Waals surface area contributed by atoms with Crippen LogP contribution in [0.1, 0.15) is 52.4 Å². The summed E-state index contributed by atoms with van der Waals surface area (Å²) < 4.78 is 5.08. The number of carbonyl (C=O) groups excluding carboxylic acids is 1. The summed E-state index contributed by atoms with van der Waals surface area (Å²) in [5.41, 5.74) is 1.86. The molecule has 1 rings (SSSR count). The van der Waals surface area contributed by atoms with Crippen LogP contribution in [0.25, 0.3) is 0 Å². The number of aryl methyl sites for hydroxylation is 1. The Labute approximate surface area is 95.3 Å². The molecule has 0 aliphatic carbocycles. The molecule has 84 valence electrons. The number of hydrogen-bond acceptors (Lipinski definition) is 3. The molecule has 0 N–H and O–H groups in total. The van der Waals surface area contributed by atoms with Crippen LogP contribution in [-0.2, 0) is 4.74 Å². The quantitative estimate of drug-likeness (QED) is 0.735. The summed E-state index contributed by atoms with van der Waals surface area (Å²) in [6.45, 7) is 10.5. The number of thiophene rings is 1. The van der Waals surface area contributed by atoms with E-state index in [2.05, 4.69) is 20.8 Å². The first-order chi connectivity index (χ1) is 6.99. The van der Waals surface area contributed by atoms with Crippen LogP contribution in [0.4, 0.5) is 0 Å². The van der Waals surface area contributed by atoms with Gasteiger partial charge in [0, 0.05) is 9.75 Å². The summed E-state index contributed by atoms with van der Waals surface area (Å²) in [5, 5.41) is 0. The average Bonchev–Trinajstić information content (AvgIpc) is 2.44. The Kier molecular flexibility index (Phi) is 3.91. The van der Waals surface area contributed by atoms with Crippen LogP contribution < -0.4 is 0 Å². The van der Waals surface area contributed by atoms with Crippen molar-refractivity contribution in [1.29, 1.82) is 0 Å². The lowest BCUT2D eigenvalue weighted by Crippen LogP contribution is -2.08. The highest BCUT2D eigenvalue weighted by Gasteiger charge is 2.21. The Bertz CT molecular complexity index is 364. The molecule has 0 amide bonds. The summed E-state index contributed by atoms with van der Waals surface area (Å²) in [6, 6.07) is 0. The van der Waals surface area contributed by atoms with E-state index in [-0.39, 0.29) is 5.97 Å². The molecule has 0 fully saturated rings. The van der Waals surface area contributed by atoms with Crippen molar-refractivity contribution in [3.05, 3.63) is 20.9 Å². The Balaban J connectivity index is 3.19. The lowest BCUT2D eigenvalue weighted by atomic mass is 10.0. The van der Waals surface area contributed by atoms with Gasteiger partial charge in [-0.15, -0.1) is 11.3 Å². The molecule has 0 saturated carbocycles. The third-order valence-corrected chi connectivity index (χ3v) is 3.92. The van der Waals surface area contributed by atoms with E-state index in [4.69, 9.17) is 4.74 Å². The summed E-state index contributed by atoms with van der Waals surface area (Å²) in [6.07, 6.45) is 0. The number of rotatable bonds is 3. The highest BCUT2D eigenvalue weighted by atomic mass is 32.1. The van der Waals surface area contributed by atoms with Crippen molar-refractivity contribution in [2.45, 2.75) is 40.5 Å². The van der Waals surface area contributed by atoms with Crippen LogP contribution in [0.15, 0.2) is 0 Å². The molecule has 2 nitrogen and oxygen atoms in total. The van der Waals surface area contributed by atoms with Gasteiger partial charge in [0.1, 0.15) is 0 Å². The van der Waals surface area contributed by atoms with Crippen LogP contribution in [0, 0.1) is 13.8 Å². The molecular formula is C12H18O2S. The number of ether oxygens (including phenoxy) is 1. The molecule has 0 bridgehead atoms. The minimum absolute atomic E-state index is 0.178. The molecule has 0 atom stereocenters.